The van der Waals surface area contributed by atoms with Crippen molar-refractivity contribution in [3.63, 3.8) is 0 Å². The van der Waals surface area contributed by atoms with E-state index in [1.165, 1.54) is 17.8 Å². The van der Waals surface area contributed by atoms with Crippen LogP contribution in [0.2, 0.25) is 0 Å². The summed E-state index contributed by atoms with van der Waals surface area (Å²) >= 11 is 0. The van der Waals surface area contributed by atoms with Crippen molar-refractivity contribution in [1.29, 1.82) is 0 Å². The smallest absolute Gasteiger partial charge is 0.123 e. The van der Waals surface area contributed by atoms with Crippen LogP contribution in [0.5, 0.6) is 0 Å². The van der Waals surface area contributed by atoms with E-state index < -0.39 is 0 Å². The molecule has 0 radical (unpaired) electrons. The minimum atomic E-state index is -0.221. The predicted octanol–water partition coefficient (Wildman–Crippen LogP) is 2.30. The Kier molecular flexibility index (Phi) is 4.75. The minimum Gasteiger partial charge on any atom is -0.273 e. The first-order valence-corrected chi connectivity index (χ1v) is 7.14. The van der Waals surface area contributed by atoms with E-state index in [2.05, 4.69) is 24.4 Å². The molecule has 5 heteroatoms. The maximum absolute atomic E-state index is 13.1. The van der Waals surface area contributed by atoms with Gasteiger partial charge in [-0.25, -0.2) is 4.39 Å². The second-order valence-corrected chi connectivity index (χ2v) is 5.93. The van der Waals surface area contributed by atoms with Crippen molar-refractivity contribution in [2.24, 2.45) is 12.9 Å². The summed E-state index contributed by atoms with van der Waals surface area (Å²) in [4.78, 5) is 0. The van der Waals surface area contributed by atoms with Gasteiger partial charge in [0.25, 0.3) is 0 Å². The van der Waals surface area contributed by atoms with Gasteiger partial charge in [-0.1, -0.05) is 26.0 Å². The summed E-state index contributed by atoms with van der Waals surface area (Å²) in [6, 6.07) is 8.72. The number of hydrazine groups is 1. The molecule has 0 saturated carbocycles. The van der Waals surface area contributed by atoms with Crippen LogP contribution in [0.3, 0.4) is 0 Å². The SMILES string of the molecule is Cn1nccc1CCC(NN)C(C)(C)c1ccc(F)cc1. The Morgan fingerprint density at radius 1 is 1.29 bits per heavy atom. The molecule has 0 bridgehead atoms. The molecule has 0 fully saturated rings. The molecule has 0 aliphatic rings. The fourth-order valence-corrected chi connectivity index (χ4v) is 2.67. The fraction of sp³-hybridized carbons (Fsp3) is 0.438. The van der Waals surface area contributed by atoms with Gasteiger partial charge in [0.15, 0.2) is 0 Å². The Balaban J connectivity index is 2.11. The Labute approximate surface area is 125 Å². The lowest BCUT2D eigenvalue weighted by Crippen LogP contribution is -2.48. The van der Waals surface area contributed by atoms with Gasteiger partial charge >= 0.3 is 0 Å². The van der Waals surface area contributed by atoms with Crippen LogP contribution in [0.15, 0.2) is 36.5 Å². The maximum Gasteiger partial charge on any atom is 0.123 e. The second kappa shape index (κ2) is 6.37. The predicted molar refractivity (Wildman–Crippen MR) is 82.1 cm³/mol. The number of benzene rings is 1. The molecule has 0 aliphatic carbocycles. The molecule has 3 N–H and O–H groups in total. The Bertz CT molecular complexity index is 574. The summed E-state index contributed by atoms with van der Waals surface area (Å²) in [7, 11) is 1.94. The van der Waals surface area contributed by atoms with E-state index in [-0.39, 0.29) is 17.3 Å². The van der Waals surface area contributed by atoms with Gasteiger partial charge in [0.1, 0.15) is 5.82 Å². The van der Waals surface area contributed by atoms with E-state index in [9.17, 15) is 4.39 Å². The maximum atomic E-state index is 13.1. The number of aryl methyl sites for hydroxylation is 2. The molecule has 0 amide bonds. The van der Waals surface area contributed by atoms with Crippen LogP contribution in [-0.4, -0.2) is 15.8 Å². The first-order valence-electron chi connectivity index (χ1n) is 7.14. The summed E-state index contributed by atoms with van der Waals surface area (Å²) in [5.74, 6) is 5.54. The van der Waals surface area contributed by atoms with Gasteiger partial charge in [0.05, 0.1) is 0 Å². The number of hydrogen-bond donors (Lipinski definition) is 2. The third-order valence-electron chi connectivity index (χ3n) is 4.27. The van der Waals surface area contributed by atoms with E-state index in [0.29, 0.717) is 0 Å². The summed E-state index contributed by atoms with van der Waals surface area (Å²) in [6.07, 6.45) is 3.56. The van der Waals surface area contributed by atoms with Crippen molar-refractivity contribution in [2.75, 3.05) is 0 Å². The number of nitrogens with two attached hydrogens (primary N) is 1. The van der Waals surface area contributed by atoms with Crippen LogP contribution in [0.1, 0.15) is 31.5 Å². The van der Waals surface area contributed by atoms with E-state index in [4.69, 9.17) is 5.84 Å². The molecule has 1 aromatic heterocycles. The molecule has 1 unspecified atom stereocenters. The van der Waals surface area contributed by atoms with Crippen molar-refractivity contribution in [1.82, 2.24) is 15.2 Å². The van der Waals surface area contributed by atoms with Gasteiger partial charge < -0.3 is 0 Å². The number of hydrogen-bond acceptors (Lipinski definition) is 3. The van der Waals surface area contributed by atoms with Crippen LogP contribution in [-0.2, 0) is 18.9 Å². The van der Waals surface area contributed by atoms with Crippen molar-refractivity contribution in [3.05, 3.63) is 53.6 Å². The topological polar surface area (TPSA) is 55.9 Å². The number of nitrogens with zero attached hydrogens (tertiary/aromatic N) is 2. The highest BCUT2D eigenvalue weighted by Gasteiger charge is 2.30. The summed E-state index contributed by atoms with van der Waals surface area (Å²) < 4.78 is 15.0. The molecular weight excluding hydrogens is 267 g/mol. The third kappa shape index (κ3) is 3.49. The van der Waals surface area contributed by atoms with E-state index >= 15 is 0 Å². The van der Waals surface area contributed by atoms with Crippen molar-refractivity contribution < 1.29 is 4.39 Å². The largest absolute Gasteiger partial charge is 0.273 e. The lowest BCUT2D eigenvalue weighted by Gasteiger charge is -2.34. The van der Waals surface area contributed by atoms with E-state index in [0.717, 1.165) is 18.4 Å². The molecule has 0 saturated heterocycles. The monoisotopic (exact) mass is 290 g/mol. The van der Waals surface area contributed by atoms with Gasteiger partial charge in [-0.2, -0.15) is 5.10 Å². The van der Waals surface area contributed by atoms with Gasteiger partial charge in [0.2, 0.25) is 0 Å². The number of halogens is 1. The van der Waals surface area contributed by atoms with Crippen LogP contribution in [0.25, 0.3) is 0 Å². The molecule has 21 heavy (non-hydrogen) atoms. The van der Waals surface area contributed by atoms with E-state index in [1.54, 1.807) is 6.20 Å². The zero-order valence-electron chi connectivity index (χ0n) is 12.8. The number of aromatic nitrogens is 2. The molecule has 1 heterocycles. The standard InChI is InChI=1S/C16H23FN4/c1-16(2,12-4-6-13(17)7-5-12)15(20-18)9-8-14-10-11-19-21(14)3/h4-7,10-11,15,20H,8-9,18H2,1-3H3. The molecular formula is C16H23FN4. The molecule has 2 rings (SSSR count). The molecule has 4 nitrogen and oxygen atoms in total. The van der Waals surface area contributed by atoms with Crippen molar-refractivity contribution in [3.8, 4) is 0 Å². The zero-order chi connectivity index (χ0) is 15.5. The van der Waals surface area contributed by atoms with Crippen molar-refractivity contribution in [2.45, 2.75) is 38.1 Å². The Morgan fingerprint density at radius 3 is 2.48 bits per heavy atom. The van der Waals surface area contributed by atoms with Gasteiger partial charge in [-0.15, -0.1) is 0 Å². The minimum absolute atomic E-state index is 0.0814. The molecule has 1 aromatic carbocycles. The average molecular weight is 290 g/mol. The quantitative estimate of drug-likeness (QED) is 0.634. The lowest BCUT2D eigenvalue weighted by atomic mass is 9.76. The fourth-order valence-electron chi connectivity index (χ4n) is 2.67. The molecule has 0 spiro atoms. The second-order valence-electron chi connectivity index (χ2n) is 5.93. The van der Waals surface area contributed by atoms with Crippen LogP contribution in [0, 0.1) is 5.82 Å². The molecule has 114 valence electrons. The molecule has 2 aromatic rings. The van der Waals surface area contributed by atoms with Crippen LogP contribution in [0.4, 0.5) is 4.39 Å². The van der Waals surface area contributed by atoms with Crippen LogP contribution >= 0.6 is 0 Å². The number of rotatable bonds is 6. The van der Waals surface area contributed by atoms with E-state index in [1.807, 2.05) is 29.9 Å². The van der Waals surface area contributed by atoms with Crippen molar-refractivity contribution >= 4 is 0 Å². The summed E-state index contributed by atoms with van der Waals surface area (Å²) in [5, 5.41) is 4.17. The average Bonchev–Trinajstić information content (AvgIpc) is 2.85. The summed E-state index contributed by atoms with van der Waals surface area (Å²) in [5.41, 5.74) is 4.96. The van der Waals surface area contributed by atoms with Gasteiger partial charge in [-0.05, 0) is 36.6 Å². The van der Waals surface area contributed by atoms with Gasteiger partial charge in [0, 0.05) is 30.4 Å². The lowest BCUT2D eigenvalue weighted by molar-refractivity contribution is 0.324. The Hall–Kier alpha value is -1.72. The summed E-state index contributed by atoms with van der Waals surface area (Å²) in [6.45, 7) is 4.24. The van der Waals surface area contributed by atoms with Crippen LogP contribution < -0.4 is 11.3 Å². The highest BCUT2D eigenvalue weighted by molar-refractivity contribution is 5.26. The highest BCUT2D eigenvalue weighted by atomic mass is 19.1. The zero-order valence-corrected chi connectivity index (χ0v) is 12.8. The highest BCUT2D eigenvalue weighted by Crippen LogP contribution is 2.29. The van der Waals surface area contributed by atoms with Gasteiger partial charge in [-0.3, -0.25) is 16.0 Å². The Morgan fingerprint density at radius 2 is 1.95 bits per heavy atom. The first kappa shape index (κ1) is 15.7. The normalized spacial score (nSPS) is 13.4. The first-order chi connectivity index (χ1) is 9.95. The molecule has 1 atom stereocenters. The number of nitrogens with one attached hydrogen (secondary N) is 1. The third-order valence-corrected chi connectivity index (χ3v) is 4.27. The molecule has 0 aliphatic heterocycles.